The third-order valence-corrected chi connectivity index (χ3v) is 7.62. The standard InChI is InChI=1S/C15H24ClN3O4S2/c1-17(6-3-11-23-2)12-14(20)18-7-9-19(10-8-18)25(21,22)15-5-4-13(16)24-15/h4-5H,3,6-12H2,1-2H3. The van der Waals surface area contributed by atoms with E-state index < -0.39 is 10.0 Å². The van der Waals surface area contributed by atoms with Gasteiger partial charge in [0.2, 0.25) is 5.91 Å². The molecule has 1 saturated heterocycles. The van der Waals surface area contributed by atoms with Gasteiger partial charge in [-0.3, -0.25) is 9.69 Å². The Morgan fingerprint density at radius 2 is 2.00 bits per heavy atom. The van der Waals surface area contributed by atoms with Crippen molar-refractivity contribution < 1.29 is 17.9 Å². The van der Waals surface area contributed by atoms with E-state index in [2.05, 4.69) is 0 Å². The highest BCUT2D eigenvalue weighted by Crippen LogP contribution is 2.28. The number of hydrogen-bond acceptors (Lipinski definition) is 6. The van der Waals surface area contributed by atoms with Crippen molar-refractivity contribution in [3.05, 3.63) is 16.5 Å². The topological polar surface area (TPSA) is 70.2 Å². The molecule has 1 aliphatic heterocycles. The van der Waals surface area contributed by atoms with Gasteiger partial charge in [-0.1, -0.05) is 11.6 Å². The first kappa shape index (κ1) is 20.6. The van der Waals surface area contributed by atoms with Crippen molar-refractivity contribution in [3.63, 3.8) is 0 Å². The minimum atomic E-state index is -3.52. The fourth-order valence-corrected chi connectivity index (χ4v) is 5.69. The Morgan fingerprint density at radius 1 is 1.32 bits per heavy atom. The molecule has 0 spiro atoms. The van der Waals surface area contributed by atoms with Crippen LogP contribution in [0.4, 0.5) is 0 Å². The summed E-state index contributed by atoms with van der Waals surface area (Å²) in [7, 11) is 0.0300. The molecule has 0 bridgehead atoms. The Labute approximate surface area is 158 Å². The number of rotatable bonds is 8. The summed E-state index contributed by atoms with van der Waals surface area (Å²) in [5.41, 5.74) is 0. The Balaban J connectivity index is 1.83. The quantitative estimate of drug-likeness (QED) is 0.603. The zero-order valence-electron chi connectivity index (χ0n) is 14.5. The zero-order valence-corrected chi connectivity index (χ0v) is 16.9. The summed E-state index contributed by atoms with van der Waals surface area (Å²) in [6.07, 6.45) is 0.871. The SMILES string of the molecule is COCCCN(C)CC(=O)N1CCN(S(=O)(=O)c2ccc(Cl)s2)CC1. The van der Waals surface area contributed by atoms with Crippen molar-refractivity contribution in [3.8, 4) is 0 Å². The van der Waals surface area contributed by atoms with E-state index in [9.17, 15) is 13.2 Å². The highest BCUT2D eigenvalue weighted by atomic mass is 35.5. The molecular weight excluding hydrogens is 386 g/mol. The predicted octanol–water partition coefficient (Wildman–Crippen LogP) is 1.20. The first-order valence-corrected chi connectivity index (χ1v) is 10.7. The molecule has 1 fully saturated rings. The molecular formula is C15H24ClN3O4S2. The second-order valence-electron chi connectivity index (χ2n) is 5.93. The van der Waals surface area contributed by atoms with Gasteiger partial charge >= 0.3 is 0 Å². The smallest absolute Gasteiger partial charge is 0.252 e. The number of nitrogens with zero attached hydrogens (tertiary/aromatic N) is 3. The number of amides is 1. The molecule has 25 heavy (non-hydrogen) atoms. The van der Waals surface area contributed by atoms with E-state index in [4.69, 9.17) is 16.3 Å². The van der Waals surface area contributed by atoms with E-state index in [0.29, 0.717) is 43.7 Å². The van der Waals surface area contributed by atoms with Gasteiger partial charge in [-0.25, -0.2) is 8.42 Å². The highest BCUT2D eigenvalue weighted by molar-refractivity contribution is 7.91. The Morgan fingerprint density at radius 3 is 2.56 bits per heavy atom. The molecule has 1 aromatic heterocycles. The monoisotopic (exact) mass is 409 g/mol. The van der Waals surface area contributed by atoms with Crippen LogP contribution in [0.15, 0.2) is 16.3 Å². The van der Waals surface area contributed by atoms with E-state index in [-0.39, 0.29) is 10.1 Å². The fraction of sp³-hybridized carbons (Fsp3) is 0.667. The molecule has 0 aromatic carbocycles. The lowest BCUT2D eigenvalue weighted by molar-refractivity contribution is -0.133. The van der Waals surface area contributed by atoms with Gasteiger partial charge in [-0.15, -0.1) is 11.3 Å². The number of ether oxygens (including phenoxy) is 1. The van der Waals surface area contributed by atoms with Crippen LogP contribution >= 0.6 is 22.9 Å². The minimum absolute atomic E-state index is 0.0242. The average molecular weight is 410 g/mol. The van der Waals surface area contributed by atoms with Crippen LogP contribution in [0.3, 0.4) is 0 Å². The van der Waals surface area contributed by atoms with Crippen LogP contribution in [0, 0.1) is 0 Å². The maximum absolute atomic E-state index is 12.6. The molecule has 0 N–H and O–H groups in total. The molecule has 0 aliphatic carbocycles. The largest absolute Gasteiger partial charge is 0.385 e. The molecule has 7 nitrogen and oxygen atoms in total. The van der Waals surface area contributed by atoms with Gasteiger partial charge in [-0.05, 0) is 25.6 Å². The van der Waals surface area contributed by atoms with Crippen molar-refractivity contribution in [1.29, 1.82) is 0 Å². The molecule has 1 aromatic rings. The van der Waals surface area contributed by atoms with Crippen LogP contribution in [0.5, 0.6) is 0 Å². The molecule has 0 radical (unpaired) electrons. The molecule has 10 heteroatoms. The van der Waals surface area contributed by atoms with Crippen LogP contribution in [0.2, 0.25) is 4.34 Å². The van der Waals surface area contributed by atoms with Crippen LogP contribution < -0.4 is 0 Å². The molecule has 0 atom stereocenters. The molecule has 2 rings (SSSR count). The van der Waals surface area contributed by atoms with Crippen LogP contribution in [0.25, 0.3) is 0 Å². The summed E-state index contributed by atoms with van der Waals surface area (Å²) < 4.78 is 32.2. The summed E-state index contributed by atoms with van der Waals surface area (Å²) in [5.74, 6) is 0.0242. The number of hydrogen-bond donors (Lipinski definition) is 0. The molecule has 1 aliphatic rings. The van der Waals surface area contributed by atoms with Crippen molar-refractivity contribution >= 4 is 38.9 Å². The number of carbonyl (C=O) groups excluding carboxylic acids is 1. The number of likely N-dealkylation sites (N-methyl/N-ethyl adjacent to an activating group) is 1. The van der Waals surface area contributed by atoms with Gasteiger partial charge < -0.3 is 9.64 Å². The lowest BCUT2D eigenvalue weighted by atomic mass is 10.3. The summed E-state index contributed by atoms with van der Waals surface area (Å²) >= 11 is 6.89. The summed E-state index contributed by atoms with van der Waals surface area (Å²) in [6, 6.07) is 3.10. The second-order valence-corrected chi connectivity index (χ2v) is 9.81. The van der Waals surface area contributed by atoms with Crippen molar-refractivity contribution in [2.24, 2.45) is 0 Å². The molecule has 1 amide bonds. The number of thiophene rings is 1. The Kier molecular flexibility index (Phi) is 7.66. The predicted molar refractivity (Wildman–Crippen MR) is 98.7 cm³/mol. The Hall–Kier alpha value is -0.710. The molecule has 142 valence electrons. The van der Waals surface area contributed by atoms with Crippen molar-refractivity contribution in [2.45, 2.75) is 10.6 Å². The molecule has 0 saturated carbocycles. The van der Waals surface area contributed by atoms with Gasteiger partial charge in [0.15, 0.2) is 0 Å². The van der Waals surface area contributed by atoms with Crippen molar-refractivity contribution in [2.75, 3.05) is 60.0 Å². The van der Waals surface area contributed by atoms with E-state index in [1.807, 2.05) is 11.9 Å². The summed E-state index contributed by atoms with van der Waals surface area (Å²) in [5, 5.41) is 0. The number of halogens is 1. The van der Waals surface area contributed by atoms with Crippen LogP contribution in [0.1, 0.15) is 6.42 Å². The minimum Gasteiger partial charge on any atom is -0.385 e. The van der Waals surface area contributed by atoms with Crippen LogP contribution in [-0.2, 0) is 19.6 Å². The lowest BCUT2D eigenvalue weighted by Gasteiger charge is -2.34. The van der Waals surface area contributed by atoms with Crippen LogP contribution in [-0.4, -0.2) is 88.5 Å². The summed E-state index contributed by atoms with van der Waals surface area (Å²) in [6.45, 7) is 3.20. The van der Waals surface area contributed by atoms with Gasteiger partial charge in [0.1, 0.15) is 4.21 Å². The second kappa shape index (κ2) is 9.29. The number of piperazine rings is 1. The van der Waals surface area contributed by atoms with Gasteiger partial charge in [-0.2, -0.15) is 4.31 Å². The van der Waals surface area contributed by atoms with Gasteiger partial charge in [0.05, 0.1) is 10.9 Å². The van der Waals surface area contributed by atoms with Gasteiger partial charge in [0.25, 0.3) is 10.0 Å². The van der Waals surface area contributed by atoms with E-state index in [1.165, 1.54) is 10.4 Å². The maximum atomic E-state index is 12.6. The first-order chi connectivity index (χ1) is 11.8. The first-order valence-electron chi connectivity index (χ1n) is 8.05. The lowest BCUT2D eigenvalue weighted by Crippen LogP contribution is -2.52. The maximum Gasteiger partial charge on any atom is 0.252 e. The van der Waals surface area contributed by atoms with E-state index in [0.717, 1.165) is 24.3 Å². The van der Waals surface area contributed by atoms with E-state index >= 15 is 0 Å². The highest BCUT2D eigenvalue weighted by Gasteiger charge is 2.31. The normalized spacial score (nSPS) is 16.6. The number of sulfonamides is 1. The summed E-state index contributed by atoms with van der Waals surface area (Å²) in [4.78, 5) is 16.0. The third-order valence-electron chi connectivity index (χ3n) is 4.03. The van der Waals surface area contributed by atoms with Gasteiger partial charge in [0, 0.05) is 46.4 Å². The molecule has 2 heterocycles. The average Bonchev–Trinajstić information content (AvgIpc) is 3.02. The fourth-order valence-electron chi connectivity index (χ4n) is 2.63. The molecule has 0 unspecified atom stereocenters. The van der Waals surface area contributed by atoms with E-state index in [1.54, 1.807) is 18.1 Å². The third kappa shape index (κ3) is 5.63. The number of carbonyl (C=O) groups is 1. The number of methoxy groups -OCH3 is 1. The Bertz CT molecular complexity index is 672. The zero-order chi connectivity index (χ0) is 18.4. The van der Waals surface area contributed by atoms with Crippen molar-refractivity contribution in [1.82, 2.24) is 14.1 Å².